The van der Waals surface area contributed by atoms with Gasteiger partial charge in [-0.15, -0.1) is 0 Å². The number of nitrogens with zero attached hydrogens (tertiary/aromatic N) is 2. The molecule has 0 radical (unpaired) electrons. The molecule has 0 atom stereocenters. The molecule has 3 aromatic rings. The van der Waals surface area contributed by atoms with Crippen molar-refractivity contribution in [1.29, 1.82) is 0 Å². The summed E-state index contributed by atoms with van der Waals surface area (Å²) in [6.45, 7) is 6.36. The Hall–Kier alpha value is -4.18. The third kappa shape index (κ3) is 7.90. The van der Waals surface area contributed by atoms with E-state index >= 15 is 0 Å². The second-order valence-corrected chi connectivity index (χ2v) is 10.5. The second kappa shape index (κ2) is 12.1. The number of alkyl carbamates (subject to hydrolysis) is 1. The average molecular weight is 551 g/mol. The molecule has 0 saturated carbocycles. The van der Waals surface area contributed by atoms with Gasteiger partial charge in [-0.2, -0.15) is 0 Å². The Morgan fingerprint density at radius 2 is 1.85 bits per heavy atom. The summed E-state index contributed by atoms with van der Waals surface area (Å²) in [5, 5.41) is 12.1. The fraction of sp³-hybridized carbons (Fsp3) is 0.321. The van der Waals surface area contributed by atoms with Crippen LogP contribution in [0.2, 0.25) is 5.02 Å². The molecule has 1 aliphatic heterocycles. The molecule has 4 rings (SSSR count). The highest BCUT2D eigenvalue weighted by Gasteiger charge is 2.21. The van der Waals surface area contributed by atoms with E-state index in [4.69, 9.17) is 16.3 Å². The number of anilines is 3. The molecule has 0 spiro atoms. The Kier molecular flexibility index (Phi) is 8.65. The van der Waals surface area contributed by atoms with Gasteiger partial charge in [0.15, 0.2) is 0 Å². The minimum atomic E-state index is -0.537. The summed E-state index contributed by atoms with van der Waals surface area (Å²) < 4.78 is 5.20. The minimum absolute atomic E-state index is 0.147. The fourth-order valence-electron chi connectivity index (χ4n) is 3.95. The predicted molar refractivity (Wildman–Crippen MR) is 150 cm³/mol. The van der Waals surface area contributed by atoms with Crippen molar-refractivity contribution in [1.82, 2.24) is 20.6 Å². The number of halogens is 1. The van der Waals surface area contributed by atoms with Crippen molar-refractivity contribution in [2.24, 2.45) is 0 Å². The monoisotopic (exact) mass is 550 g/mol. The van der Waals surface area contributed by atoms with E-state index in [0.29, 0.717) is 65.1 Å². The van der Waals surface area contributed by atoms with E-state index in [1.807, 2.05) is 32.9 Å². The number of hydrogen-bond acceptors (Lipinski definition) is 7. The van der Waals surface area contributed by atoms with Crippen molar-refractivity contribution < 1.29 is 19.1 Å². The molecule has 0 bridgehead atoms. The van der Waals surface area contributed by atoms with Crippen molar-refractivity contribution in [3.05, 3.63) is 64.8 Å². The van der Waals surface area contributed by atoms with Crippen molar-refractivity contribution in [2.45, 2.75) is 45.6 Å². The molecular weight excluding hydrogens is 520 g/mol. The van der Waals surface area contributed by atoms with Gasteiger partial charge in [-0.05, 0) is 70.0 Å². The largest absolute Gasteiger partial charge is 0.444 e. The van der Waals surface area contributed by atoms with Gasteiger partial charge in [-0.3, -0.25) is 9.59 Å². The molecule has 4 N–H and O–H groups in total. The lowest BCUT2D eigenvalue weighted by molar-refractivity contribution is -0.115. The number of carbonyl (C=O) groups excluding carboxylic acids is 3. The van der Waals surface area contributed by atoms with Gasteiger partial charge in [-0.25, -0.2) is 14.8 Å². The predicted octanol–water partition coefficient (Wildman–Crippen LogP) is 5.07. The van der Waals surface area contributed by atoms with Crippen LogP contribution in [0, 0.1) is 0 Å². The maximum Gasteiger partial charge on any atom is 0.407 e. The zero-order valence-electron chi connectivity index (χ0n) is 22.1. The van der Waals surface area contributed by atoms with Crippen LogP contribution in [0.25, 0.3) is 11.3 Å². The van der Waals surface area contributed by atoms with Crippen LogP contribution in [0.4, 0.5) is 22.1 Å². The molecule has 0 saturated heterocycles. The smallest absolute Gasteiger partial charge is 0.407 e. The molecule has 2 heterocycles. The van der Waals surface area contributed by atoms with Crippen LogP contribution in [-0.4, -0.2) is 46.6 Å². The molecule has 10 nitrogen and oxygen atoms in total. The number of nitrogens with one attached hydrogen (secondary N) is 4. The van der Waals surface area contributed by atoms with E-state index in [9.17, 15) is 14.4 Å². The van der Waals surface area contributed by atoms with E-state index in [2.05, 4.69) is 31.2 Å². The number of unbranched alkanes of at least 4 members (excludes halogenated alkanes) is 1. The molecule has 0 aliphatic carbocycles. The van der Waals surface area contributed by atoms with Gasteiger partial charge in [0.05, 0.1) is 17.8 Å². The normalized spacial score (nSPS) is 12.4. The van der Waals surface area contributed by atoms with E-state index in [1.165, 1.54) is 0 Å². The number of fused-ring (bicyclic) bond motifs is 3. The first-order valence-electron chi connectivity index (χ1n) is 12.7. The van der Waals surface area contributed by atoms with Gasteiger partial charge < -0.3 is 26.0 Å². The molecule has 2 aromatic carbocycles. The van der Waals surface area contributed by atoms with Crippen LogP contribution in [0.15, 0.2) is 48.7 Å². The number of benzene rings is 2. The minimum Gasteiger partial charge on any atom is -0.444 e. The Labute approximate surface area is 231 Å². The van der Waals surface area contributed by atoms with Gasteiger partial charge in [0, 0.05) is 46.7 Å². The van der Waals surface area contributed by atoms with Gasteiger partial charge >= 0.3 is 6.09 Å². The standard InChI is InChI=1S/C28H31ClN6O4/c1-28(2,3)39-27(38)31-12-5-4-11-30-25(37)17-7-6-8-20(13-17)33-26-32-16-18-14-23(36)34-22-15-19(29)9-10-21(22)24(18)35-26/h6-10,13,15-16H,4-5,11-12,14H2,1-3H3,(H,30,37)(H,31,38)(H,34,36)(H,32,33,35). The molecule has 0 unspecified atom stereocenters. The summed E-state index contributed by atoms with van der Waals surface area (Å²) in [5.74, 6) is -0.0457. The molecule has 39 heavy (non-hydrogen) atoms. The number of amides is 3. The van der Waals surface area contributed by atoms with Crippen molar-refractivity contribution in [3.8, 4) is 11.3 Å². The van der Waals surface area contributed by atoms with Crippen LogP contribution in [0.3, 0.4) is 0 Å². The first-order valence-corrected chi connectivity index (χ1v) is 13.0. The van der Waals surface area contributed by atoms with Crippen LogP contribution in [0.5, 0.6) is 0 Å². The first-order chi connectivity index (χ1) is 18.6. The number of aromatic nitrogens is 2. The lowest BCUT2D eigenvalue weighted by Gasteiger charge is -2.19. The van der Waals surface area contributed by atoms with Gasteiger partial charge in [0.2, 0.25) is 11.9 Å². The topological polar surface area (TPSA) is 134 Å². The number of hydrogen-bond donors (Lipinski definition) is 4. The van der Waals surface area contributed by atoms with E-state index in [-0.39, 0.29) is 18.2 Å². The highest BCUT2D eigenvalue weighted by molar-refractivity contribution is 6.31. The van der Waals surface area contributed by atoms with Gasteiger partial charge in [0.25, 0.3) is 5.91 Å². The van der Waals surface area contributed by atoms with Crippen LogP contribution >= 0.6 is 11.6 Å². The second-order valence-electron chi connectivity index (χ2n) is 10.1. The zero-order chi connectivity index (χ0) is 28.0. The summed E-state index contributed by atoms with van der Waals surface area (Å²) in [4.78, 5) is 45.7. The highest BCUT2D eigenvalue weighted by Crippen LogP contribution is 2.34. The Balaban J connectivity index is 1.34. The van der Waals surface area contributed by atoms with Crippen LogP contribution in [-0.2, 0) is 16.0 Å². The Bertz CT molecular complexity index is 1390. The molecule has 11 heteroatoms. The molecule has 0 fully saturated rings. The Morgan fingerprint density at radius 3 is 2.62 bits per heavy atom. The average Bonchev–Trinajstić information content (AvgIpc) is 2.99. The maximum absolute atomic E-state index is 12.7. The molecule has 1 aliphatic rings. The number of rotatable bonds is 8. The summed E-state index contributed by atoms with van der Waals surface area (Å²) in [6.07, 6.45) is 2.73. The van der Waals surface area contributed by atoms with Crippen LogP contribution in [0.1, 0.15) is 49.5 Å². The van der Waals surface area contributed by atoms with Gasteiger partial charge in [0.1, 0.15) is 5.60 Å². The summed E-state index contributed by atoms with van der Waals surface area (Å²) in [6, 6.07) is 12.3. The van der Waals surface area contributed by atoms with E-state index in [1.54, 1.807) is 36.5 Å². The van der Waals surface area contributed by atoms with E-state index < -0.39 is 11.7 Å². The molecule has 204 valence electrons. The number of ether oxygens (including phenoxy) is 1. The van der Waals surface area contributed by atoms with Crippen molar-refractivity contribution in [3.63, 3.8) is 0 Å². The summed E-state index contributed by atoms with van der Waals surface area (Å²) in [7, 11) is 0. The Morgan fingerprint density at radius 1 is 1.08 bits per heavy atom. The third-order valence-corrected chi connectivity index (χ3v) is 5.90. The molecule has 1 aromatic heterocycles. The number of carbonyl (C=O) groups is 3. The molecular formula is C28H31ClN6O4. The van der Waals surface area contributed by atoms with Crippen molar-refractivity contribution in [2.75, 3.05) is 23.7 Å². The van der Waals surface area contributed by atoms with Crippen molar-refractivity contribution >= 4 is 46.8 Å². The summed E-state index contributed by atoms with van der Waals surface area (Å²) >= 11 is 6.12. The lowest BCUT2D eigenvalue weighted by atomic mass is 10.1. The van der Waals surface area contributed by atoms with E-state index in [0.717, 1.165) is 5.56 Å². The first kappa shape index (κ1) is 27.8. The third-order valence-electron chi connectivity index (χ3n) is 5.66. The summed E-state index contributed by atoms with van der Waals surface area (Å²) in [5.41, 5.74) is 3.27. The molecule has 3 amide bonds. The van der Waals surface area contributed by atoms with Crippen LogP contribution < -0.4 is 21.3 Å². The highest BCUT2D eigenvalue weighted by atomic mass is 35.5. The maximum atomic E-state index is 12.7. The van der Waals surface area contributed by atoms with Gasteiger partial charge in [-0.1, -0.05) is 17.7 Å². The quantitative estimate of drug-likeness (QED) is 0.288. The fourth-order valence-corrected chi connectivity index (χ4v) is 4.12. The lowest BCUT2D eigenvalue weighted by Crippen LogP contribution is -2.33. The SMILES string of the molecule is CC(C)(C)OC(=O)NCCCCNC(=O)c1cccc(Nc2ncc3c(n2)-c2ccc(Cl)cc2NC(=O)C3)c1. The zero-order valence-corrected chi connectivity index (χ0v) is 22.8.